The minimum absolute atomic E-state index is 0.0885. The molecule has 0 fully saturated rings. The number of rotatable bonds is 5. The van der Waals surface area contributed by atoms with Crippen molar-refractivity contribution in [1.82, 2.24) is 0 Å². The number of hydrogen-bond acceptors (Lipinski definition) is 4. The number of hydrogen-bond donors (Lipinski definition) is 0. The first-order valence-electron chi connectivity index (χ1n) is 8.78. The van der Waals surface area contributed by atoms with Gasteiger partial charge in [-0.25, -0.2) is 9.79 Å². The molecule has 26 heavy (non-hydrogen) atoms. The molecule has 0 N–H and O–H groups in total. The third-order valence-electron chi connectivity index (χ3n) is 4.06. The Hall–Kier alpha value is -2.95. The third kappa shape index (κ3) is 3.52. The van der Waals surface area contributed by atoms with E-state index in [9.17, 15) is 9.59 Å². The highest BCUT2D eigenvalue weighted by atomic mass is 16.5. The second kappa shape index (κ2) is 7.52. The molecule has 1 aliphatic heterocycles. The van der Waals surface area contributed by atoms with Crippen molar-refractivity contribution in [2.75, 3.05) is 18.1 Å². The molecule has 3 rings (SSSR count). The number of amides is 1. The number of anilines is 1. The quantitative estimate of drug-likeness (QED) is 0.766. The summed E-state index contributed by atoms with van der Waals surface area (Å²) in [5.41, 5.74) is 3.27. The lowest BCUT2D eigenvalue weighted by Crippen LogP contribution is -2.33. The minimum atomic E-state index is -0.364. The molecule has 1 amide bonds. The van der Waals surface area contributed by atoms with Gasteiger partial charge < -0.3 is 9.64 Å². The molecule has 0 atom stereocenters. The highest BCUT2D eigenvalue weighted by Crippen LogP contribution is 2.31. The number of esters is 1. The van der Waals surface area contributed by atoms with Crippen LogP contribution in [0.1, 0.15) is 36.7 Å². The summed E-state index contributed by atoms with van der Waals surface area (Å²) >= 11 is 0. The van der Waals surface area contributed by atoms with Crippen LogP contribution in [-0.2, 0) is 9.53 Å². The Balaban J connectivity index is 1.93. The summed E-state index contributed by atoms with van der Waals surface area (Å²) < 4.78 is 4.98. The number of ether oxygens (including phenoxy) is 1. The maximum atomic E-state index is 12.9. The molecule has 2 aromatic rings. The predicted molar refractivity (Wildman–Crippen MR) is 102 cm³/mol. The summed E-state index contributed by atoms with van der Waals surface area (Å²) in [6.07, 6.45) is 0. The van der Waals surface area contributed by atoms with Gasteiger partial charge in [0, 0.05) is 12.1 Å². The summed E-state index contributed by atoms with van der Waals surface area (Å²) in [5, 5.41) is 0. The van der Waals surface area contributed by atoms with E-state index in [4.69, 9.17) is 4.74 Å². The summed E-state index contributed by atoms with van der Waals surface area (Å²) in [5.74, 6) is -0.0957. The fourth-order valence-corrected chi connectivity index (χ4v) is 2.93. The topological polar surface area (TPSA) is 59.0 Å². The van der Waals surface area contributed by atoms with E-state index in [2.05, 4.69) is 18.8 Å². The van der Waals surface area contributed by atoms with E-state index in [1.165, 1.54) is 0 Å². The van der Waals surface area contributed by atoms with Crippen molar-refractivity contribution in [3.8, 4) is 0 Å². The fourth-order valence-electron chi connectivity index (χ4n) is 2.93. The third-order valence-corrected chi connectivity index (χ3v) is 4.06. The van der Waals surface area contributed by atoms with Crippen LogP contribution in [0.4, 0.5) is 11.4 Å². The fraction of sp³-hybridized carbons (Fsp3) is 0.286. The number of carbonyl (C=O) groups is 2. The maximum absolute atomic E-state index is 12.9. The molecule has 0 saturated carbocycles. The average molecular weight is 350 g/mol. The van der Waals surface area contributed by atoms with Crippen molar-refractivity contribution in [1.29, 1.82) is 0 Å². The van der Waals surface area contributed by atoms with Gasteiger partial charge in [0.2, 0.25) is 0 Å². The van der Waals surface area contributed by atoms with Crippen LogP contribution in [0.2, 0.25) is 0 Å². The molecule has 5 nitrogen and oxygen atoms in total. The molecular weight excluding hydrogens is 328 g/mol. The van der Waals surface area contributed by atoms with Crippen LogP contribution >= 0.6 is 0 Å². The summed E-state index contributed by atoms with van der Waals surface area (Å²) in [4.78, 5) is 31.0. The first-order valence-corrected chi connectivity index (χ1v) is 8.78. The largest absolute Gasteiger partial charge is 0.462 e. The molecule has 0 aliphatic carbocycles. The van der Waals surface area contributed by atoms with Crippen LogP contribution in [0.25, 0.3) is 0 Å². The van der Waals surface area contributed by atoms with Crippen LogP contribution in [0, 0.1) is 5.92 Å². The Bertz CT molecular complexity index is 854. The SMILES string of the molecule is CCOC(=O)c1ccc(N=C2C(=O)N(CC(C)C)c3ccccc32)cc1. The number of carbonyl (C=O) groups excluding carboxylic acids is 2. The lowest BCUT2D eigenvalue weighted by molar-refractivity contribution is -0.112. The molecule has 1 aliphatic rings. The van der Waals surface area contributed by atoms with Gasteiger partial charge in [-0.3, -0.25) is 4.79 Å². The van der Waals surface area contributed by atoms with Crippen molar-refractivity contribution < 1.29 is 14.3 Å². The van der Waals surface area contributed by atoms with Crippen LogP contribution < -0.4 is 4.90 Å². The normalized spacial score (nSPS) is 14.8. The van der Waals surface area contributed by atoms with Gasteiger partial charge in [0.05, 0.1) is 23.5 Å². The lowest BCUT2D eigenvalue weighted by atomic mass is 10.1. The van der Waals surface area contributed by atoms with E-state index >= 15 is 0 Å². The zero-order chi connectivity index (χ0) is 18.7. The molecular formula is C21H22N2O3. The van der Waals surface area contributed by atoms with Gasteiger partial charge in [-0.2, -0.15) is 0 Å². The molecule has 134 valence electrons. The highest BCUT2D eigenvalue weighted by molar-refractivity contribution is 6.54. The second-order valence-corrected chi connectivity index (χ2v) is 6.55. The van der Waals surface area contributed by atoms with Gasteiger partial charge in [0.25, 0.3) is 5.91 Å². The van der Waals surface area contributed by atoms with Gasteiger partial charge in [0.15, 0.2) is 0 Å². The molecule has 0 aromatic heterocycles. The Morgan fingerprint density at radius 2 is 1.81 bits per heavy atom. The second-order valence-electron chi connectivity index (χ2n) is 6.55. The van der Waals surface area contributed by atoms with Gasteiger partial charge >= 0.3 is 5.97 Å². The van der Waals surface area contributed by atoms with E-state index in [-0.39, 0.29) is 11.9 Å². The maximum Gasteiger partial charge on any atom is 0.338 e. The standard InChI is InChI=1S/C21H22N2O3/c1-4-26-21(25)15-9-11-16(12-10-15)22-19-17-7-5-6-8-18(17)23(20(19)24)13-14(2)3/h5-12,14H,4,13H2,1-3H3. The molecule has 0 bridgehead atoms. The number of para-hydroxylation sites is 1. The van der Waals surface area contributed by atoms with Gasteiger partial charge in [-0.05, 0) is 43.2 Å². The van der Waals surface area contributed by atoms with Crippen molar-refractivity contribution in [2.24, 2.45) is 10.9 Å². The van der Waals surface area contributed by atoms with Crippen LogP contribution in [-0.4, -0.2) is 30.7 Å². The van der Waals surface area contributed by atoms with Crippen molar-refractivity contribution in [3.05, 3.63) is 59.7 Å². The van der Waals surface area contributed by atoms with Crippen molar-refractivity contribution in [3.63, 3.8) is 0 Å². The van der Waals surface area contributed by atoms with E-state index in [1.54, 1.807) is 36.1 Å². The zero-order valence-electron chi connectivity index (χ0n) is 15.2. The van der Waals surface area contributed by atoms with E-state index in [0.717, 1.165) is 11.3 Å². The number of aliphatic imine (C=N–C) groups is 1. The van der Waals surface area contributed by atoms with E-state index in [1.807, 2.05) is 24.3 Å². The van der Waals surface area contributed by atoms with Gasteiger partial charge in [0.1, 0.15) is 5.71 Å². The molecule has 1 heterocycles. The lowest BCUT2D eigenvalue weighted by Gasteiger charge is -2.18. The minimum Gasteiger partial charge on any atom is -0.462 e. The molecule has 0 spiro atoms. The number of fused-ring (bicyclic) bond motifs is 1. The number of benzene rings is 2. The average Bonchev–Trinajstić information content (AvgIpc) is 2.88. The van der Waals surface area contributed by atoms with Crippen LogP contribution in [0.15, 0.2) is 53.5 Å². The molecule has 2 aromatic carbocycles. The smallest absolute Gasteiger partial charge is 0.338 e. The van der Waals surface area contributed by atoms with Crippen molar-refractivity contribution in [2.45, 2.75) is 20.8 Å². The monoisotopic (exact) mass is 350 g/mol. The Labute approximate surface area is 153 Å². The van der Waals surface area contributed by atoms with E-state index < -0.39 is 0 Å². The first kappa shape index (κ1) is 17.9. The summed E-state index contributed by atoms with van der Waals surface area (Å²) in [6, 6.07) is 14.5. The Morgan fingerprint density at radius 3 is 2.46 bits per heavy atom. The van der Waals surface area contributed by atoms with Crippen LogP contribution in [0.3, 0.4) is 0 Å². The van der Waals surface area contributed by atoms with Crippen molar-refractivity contribution >= 4 is 29.0 Å². The zero-order valence-corrected chi connectivity index (χ0v) is 15.2. The Kier molecular flexibility index (Phi) is 5.16. The number of nitrogens with zero attached hydrogens (tertiary/aromatic N) is 2. The van der Waals surface area contributed by atoms with Crippen LogP contribution in [0.5, 0.6) is 0 Å². The first-order chi connectivity index (χ1) is 12.5. The molecule has 0 radical (unpaired) electrons. The summed E-state index contributed by atoms with van der Waals surface area (Å²) in [7, 11) is 0. The molecule has 5 heteroatoms. The molecule has 0 unspecified atom stereocenters. The predicted octanol–water partition coefficient (Wildman–Crippen LogP) is 3.99. The highest BCUT2D eigenvalue weighted by Gasteiger charge is 2.33. The Morgan fingerprint density at radius 1 is 1.12 bits per heavy atom. The van der Waals surface area contributed by atoms with Gasteiger partial charge in [-0.1, -0.05) is 32.0 Å². The van der Waals surface area contributed by atoms with E-state index in [0.29, 0.717) is 36.0 Å². The molecule has 0 saturated heterocycles. The van der Waals surface area contributed by atoms with Gasteiger partial charge in [-0.15, -0.1) is 0 Å². The summed E-state index contributed by atoms with van der Waals surface area (Å²) in [6.45, 7) is 6.92.